The van der Waals surface area contributed by atoms with E-state index in [1.54, 1.807) is 31.2 Å². The van der Waals surface area contributed by atoms with E-state index in [2.05, 4.69) is 4.72 Å². The third-order valence-electron chi connectivity index (χ3n) is 3.30. The zero-order valence-corrected chi connectivity index (χ0v) is 14.3. The summed E-state index contributed by atoms with van der Waals surface area (Å²) in [6, 6.07) is 11.6. The number of halogens is 1. The minimum Gasteiger partial charge on any atom is -0.479 e. The number of benzene rings is 2. The average Bonchev–Trinajstić information content (AvgIpc) is 2.54. The molecule has 1 atom stereocenters. The molecule has 2 aromatic carbocycles. The van der Waals surface area contributed by atoms with Gasteiger partial charge in [0.15, 0.2) is 18.2 Å². The normalized spacial score (nSPS) is 12.6. The van der Waals surface area contributed by atoms with Gasteiger partial charge in [0.05, 0.1) is 4.90 Å². The van der Waals surface area contributed by atoms with Gasteiger partial charge in [-0.15, -0.1) is 0 Å². The van der Waals surface area contributed by atoms with Crippen LogP contribution < -0.4 is 9.46 Å². The summed E-state index contributed by atoms with van der Waals surface area (Å²) < 4.78 is 45.7. The molecule has 6 nitrogen and oxygen atoms in total. The van der Waals surface area contributed by atoms with Gasteiger partial charge in [-0.25, -0.2) is 22.3 Å². The lowest BCUT2D eigenvalue weighted by molar-refractivity contribution is -0.139. The van der Waals surface area contributed by atoms with Gasteiger partial charge in [-0.05, 0) is 43.2 Å². The first-order chi connectivity index (χ1) is 11.8. The number of rotatable bonds is 8. The Bertz CT molecular complexity index is 839. The van der Waals surface area contributed by atoms with Gasteiger partial charge in [0.1, 0.15) is 0 Å². The first kappa shape index (κ1) is 18.9. The number of hydrogen-bond donors (Lipinski definition) is 2. The summed E-state index contributed by atoms with van der Waals surface area (Å²) in [7, 11) is -3.65. The van der Waals surface area contributed by atoms with Crippen molar-refractivity contribution in [1.29, 1.82) is 0 Å². The molecule has 0 radical (unpaired) electrons. The van der Waals surface area contributed by atoms with E-state index in [-0.39, 0.29) is 17.1 Å². The number of carbonyl (C=O) groups is 1. The minimum atomic E-state index is -3.65. The molecular weight excluding hydrogens is 349 g/mol. The number of nitrogens with one attached hydrogen (secondary N) is 1. The van der Waals surface area contributed by atoms with Gasteiger partial charge < -0.3 is 9.84 Å². The van der Waals surface area contributed by atoms with Gasteiger partial charge in [0.2, 0.25) is 10.0 Å². The molecular formula is C17H18FNO5S. The molecule has 0 aromatic heterocycles. The molecule has 2 rings (SSSR count). The fourth-order valence-electron chi connectivity index (χ4n) is 2.26. The van der Waals surface area contributed by atoms with Crippen LogP contribution in [0.15, 0.2) is 53.4 Å². The monoisotopic (exact) mass is 367 g/mol. The van der Waals surface area contributed by atoms with Crippen molar-refractivity contribution < 1.29 is 27.4 Å². The molecule has 134 valence electrons. The molecule has 2 aromatic rings. The molecule has 2 N–H and O–H groups in total. The van der Waals surface area contributed by atoms with Crippen LogP contribution in [-0.2, 0) is 21.2 Å². The maximum Gasteiger partial charge on any atom is 0.341 e. The SMILES string of the molecule is CC(Cc1ccc(OCC(=O)O)c(F)c1)NS(=O)(=O)c1ccccc1. The zero-order valence-electron chi connectivity index (χ0n) is 13.5. The van der Waals surface area contributed by atoms with E-state index in [0.717, 1.165) is 0 Å². The van der Waals surface area contributed by atoms with Crippen molar-refractivity contribution in [2.75, 3.05) is 6.61 Å². The van der Waals surface area contributed by atoms with Crippen molar-refractivity contribution >= 4 is 16.0 Å². The molecule has 0 spiro atoms. The molecule has 0 aliphatic rings. The van der Waals surface area contributed by atoms with E-state index in [9.17, 15) is 17.6 Å². The van der Waals surface area contributed by atoms with E-state index < -0.39 is 34.5 Å². The van der Waals surface area contributed by atoms with Crippen molar-refractivity contribution in [2.45, 2.75) is 24.3 Å². The minimum absolute atomic E-state index is 0.158. The predicted octanol–water partition coefficient (Wildman–Crippen LogP) is 2.20. The van der Waals surface area contributed by atoms with Crippen LogP contribution in [0.3, 0.4) is 0 Å². The number of hydrogen-bond acceptors (Lipinski definition) is 4. The molecule has 0 saturated heterocycles. The summed E-state index contributed by atoms with van der Waals surface area (Å²) in [4.78, 5) is 10.6. The lowest BCUT2D eigenvalue weighted by Gasteiger charge is -2.15. The lowest BCUT2D eigenvalue weighted by Crippen LogP contribution is -2.34. The molecule has 25 heavy (non-hydrogen) atoms. The Hall–Kier alpha value is -2.45. The number of carboxylic acid groups (broad SMARTS) is 1. The molecule has 8 heteroatoms. The van der Waals surface area contributed by atoms with Crippen LogP contribution in [-0.4, -0.2) is 32.1 Å². The third kappa shape index (κ3) is 5.54. The van der Waals surface area contributed by atoms with Crippen LogP contribution >= 0.6 is 0 Å². The van der Waals surface area contributed by atoms with Crippen molar-refractivity contribution in [3.8, 4) is 5.75 Å². The molecule has 0 saturated carbocycles. The second-order valence-electron chi connectivity index (χ2n) is 5.49. The lowest BCUT2D eigenvalue weighted by atomic mass is 10.1. The topological polar surface area (TPSA) is 92.7 Å². The van der Waals surface area contributed by atoms with Gasteiger partial charge in [-0.3, -0.25) is 0 Å². The maximum atomic E-state index is 13.9. The summed E-state index contributed by atoms with van der Waals surface area (Å²) in [6.07, 6.45) is 0.266. The average molecular weight is 367 g/mol. The summed E-state index contributed by atoms with van der Waals surface area (Å²) in [5.74, 6) is -2.06. The maximum absolute atomic E-state index is 13.9. The fourth-order valence-corrected chi connectivity index (χ4v) is 3.52. The largest absolute Gasteiger partial charge is 0.479 e. The van der Waals surface area contributed by atoms with E-state index in [1.807, 2.05) is 0 Å². The fraction of sp³-hybridized carbons (Fsp3) is 0.235. The van der Waals surface area contributed by atoms with Gasteiger partial charge in [-0.1, -0.05) is 24.3 Å². The summed E-state index contributed by atoms with van der Waals surface area (Å²) in [5, 5.41) is 8.53. The van der Waals surface area contributed by atoms with Gasteiger partial charge in [0, 0.05) is 6.04 Å². The highest BCUT2D eigenvalue weighted by Crippen LogP contribution is 2.19. The van der Waals surface area contributed by atoms with Crippen LogP contribution in [0, 0.1) is 5.82 Å². The first-order valence-electron chi connectivity index (χ1n) is 7.48. The number of carboxylic acids is 1. The third-order valence-corrected chi connectivity index (χ3v) is 4.90. The molecule has 0 fully saturated rings. The van der Waals surface area contributed by atoms with E-state index in [0.29, 0.717) is 5.56 Å². The zero-order chi connectivity index (χ0) is 18.4. The van der Waals surface area contributed by atoms with Crippen LogP contribution in [0.2, 0.25) is 0 Å². The quantitative estimate of drug-likeness (QED) is 0.746. The van der Waals surface area contributed by atoms with Crippen molar-refractivity contribution in [3.05, 3.63) is 59.9 Å². The molecule has 0 heterocycles. The van der Waals surface area contributed by atoms with Crippen LogP contribution in [0.25, 0.3) is 0 Å². The molecule has 1 unspecified atom stereocenters. The van der Waals surface area contributed by atoms with Crippen LogP contribution in [0.4, 0.5) is 4.39 Å². The Kier molecular flexibility index (Phi) is 6.11. The number of ether oxygens (including phenoxy) is 1. The van der Waals surface area contributed by atoms with E-state index in [4.69, 9.17) is 9.84 Å². The first-order valence-corrected chi connectivity index (χ1v) is 8.96. The number of aliphatic carboxylic acids is 1. The summed E-state index contributed by atoms with van der Waals surface area (Å²) in [6.45, 7) is 1.04. The van der Waals surface area contributed by atoms with Crippen molar-refractivity contribution in [1.82, 2.24) is 4.72 Å². The van der Waals surface area contributed by atoms with Crippen molar-refractivity contribution in [2.24, 2.45) is 0 Å². The van der Waals surface area contributed by atoms with Crippen LogP contribution in [0.5, 0.6) is 5.75 Å². The second kappa shape index (κ2) is 8.09. The Labute approximate surface area is 145 Å². The predicted molar refractivity (Wildman–Crippen MR) is 89.5 cm³/mol. The summed E-state index contributed by atoms with van der Waals surface area (Å²) >= 11 is 0. The standard InChI is InChI=1S/C17H18FNO5S/c1-12(19-25(22,23)14-5-3-2-4-6-14)9-13-7-8-16(15(18)10-13)24-11-17(20)21/h2-8,10,12,19H,9,11H2,1H3,(H,20,21). The highest BCUT2D eigenvalue weighted by molar-refractivity contribution is 7.89. The Morgan fingerprint density at radius 2 is 1.92 bits per heavy atom. The summed E-state index contributed by atoms with van der Waals surface area (Å²) in [5.41, 5.74) is 0.559. The Balaban J connectivity index is 2.02. The molecule has 0 aliphatic carbocycles. The van der Waals surface area contributed by atoms with Crippen molar-refractivity contribution in [3.63, 3.8) is 0 Å². The van der Waals surface area contributed by atoms with Gasteiger partial charge >= 0.3 is 5.97 Å². The van der Waals surface area contributed by atoms with Crippen LogP contribution in [0.1, 0.15) is 12.5 Å². The Morgan fingerprint density at radius 1 is 1.24 bits per heavy atom. The molecule has 0 amide bonds. The van der Waals surface area contributed by atoms with E-state index >= 15 is 0 Å². The van der Waals surface area contributed by atoms with E-state index in [1.165, 1.54) is 24.3 Å². The molecule has 0 aliphatic heterocycles. The number of sulfonamides is 1. The second-order valence-corrected chi connectivity index (χ2v) is 7.20. The van der Waals surface area contributed by atoms with Gasteiger partial charge in [0.25, 0.3) is 0 Å². The smallest absolute Gasteiger partial charge is 0.341 e. The highest BCUT2D eigenvalue weighted by atomic mass is 32.2. The van der Waals surface area contributed by atoms with Gasteiger partial charge in [-0.2, -0.15) is 0 Å². The Morgan fingerprint density at radius 3 is 2.52 bits per heavy atom. The molecule has 0 bridgehead atoms. The highest BCUT2D eigenvalue weighted by Gasteiger charge is 2.17.